The number of hydrogen-bond acceptors (Lipinski definition) is 3. The summed E-state index contributed by atoms with van der Waals surface area (Å²) >= 11 is 0. The second-order valence-corrected chi connectivity index (χ2v) is 5.17. The third-order valence-corrected chi connectivity index (χ3v) is 3.40. The smallest absolute Gasteiger partial charge is 0.323 e. The van der Waals surface area contributed by atoms with Gasteiger partial charge in [0.1, 0.15) is 6.54 Å². The van der Waals surface area contributed by atoms with Gasteiger partial charge in [-0.15, -0.1) is 0 Å². The van der Waals surface area contributed by atoms with Crippen molar-refractivity contribution in [3.63, 3.8) is 0 Å². The number of benzene rings is 1. The summed E-state index contributed by atoms with van der Waals surface area (Å²) in [6, 6.07) is 9.15. The molecule has 0 bridgehead atoms. The molecule has 0 aromatic heterocycles. The first-order valence-corrected chi connectivity index (χ1v) is 7.04. The predicted molar refractivity (Wildman–Crippen MR) is 76.7 cm³/mol. The molecule has 6 heteroatoms. The first-order valence-electron chi connectivity index (χ1n) is 7.04. The molecule has 0 radical (unpaired) electrons. The van der Waals surface area contributed by atoms with E-state index in [9.17, 15) is 9.59 Å². The zero-order chi connectivity index (χ0) is 15.2. The van der Waals surface area contributed by atoms with E-state index < -0.39 is 5.97 Å². The number of carboxylic acid groups (broad SMARTS) is 1. The fourth-order valence-corrected chi connectivity index (χ4v) is 2.23. The number of nitrogens with zero attached hydrogens (tertiary/aromatic N) is 2. The molecule has 2 rings (SSSR count). The average molecular weight is 292 g/mol. The fourth-order valence-electron chi connectivity index (χ4n) is 2.23. The lowest BCUT2D eigenvalue weighted by Crippen LogP contribution is -2.47. The zero-order valence-electron chi connectivity index (χ0n) is 11.8. The molecule has 2 N–H and O–H groups in total. The highest BCUT2D eigenvalue weighted by Gasteiger charge is 2.36. The Balaban J connectivity index is 2.08. The maximum atomic E-state index is 12.5. The summed E-state index contributed by atoms with van der Waals surface area (Å²) in [7, 11) is 0. The molecule has 1 aliphatic rings. The van der Waals surface area contributed by atoms with Crippen LogP contribution in [0.15, 0.2) is 30.3 Å². The molecule has 0 unspecified atom stereocenters. The Hall–Kier alpha value is -2.08. The molecule has 6 nitrogen and oxygen atoms in total. The molecule has 1 aromatic carbocycles. The first-order chi connectivity index (χ1) is 10.1. The van der Waals surface area contributed by atoms with E-state index in [1.165, 1.54) is 9.80 Å². The van der Waals surface area contributed by atoms with Crippen molar-refractivity contribution in [2.45, 2.75) is 25.4 Å². The minimum atomic E-state index is -1.01. The van der Waals surface area contributed by atoms with Crippen molar-refractivity contribution in [2.75, 3.05) is 19.7 Å². The minimum absolute atomic E-state index is 0.0190. The molecule has 21 heavy (non-hydrogen) atoms. The number of carbonyl (C=O) groups excluding carboxylic acids is 1. The number of carbonyl (C=O) groups is 2. The topological polar surface area (TPSA) is 81.1 Å². The summed E-state index contributed by atoms with van der Waals surface area (Å²) in [6.07, 6.45) is 1.69. The highest BCUT2D eigenvalue weighted by Crippen LogP contribution is 2.27. The molecule has 1 fully saturated rings. The number of aliphatic carboxylic acids is 1. The summed E-state index contributed by atoms with van der Waals surface area (Å²) in [5, 5.41) is 18.1. The normalized spacial score (nSPS) is 13.8. The van der Waals surface area contributed by atoms with Crippen LogP contribution in [-0.4, -0.2) is 57.8 Å². The summed E-state index contributed by atoms with van der Waals surface area (Å²) in [5.74, 6) is -1.01. The second-order valence-electron chi connectivity index (χ2n) is 5.17. The van der Waals surface area contributed by atoms with E-state index in [1.807, 2.05) is 30.3 Å². The molecule has 1 saturated carbocycles. The molecule has 0 spiro atoms. The van der Waals surface area contributed by atoms with Crippen LogP contribution in [-0.2, 0) is 11.3 Å². The maximum absolute atomic E-state index is 12.5. The second kappa shape index (κ2) is 7.08. The number of hydrogen-bond donors (Lipinski definition) is 2. The van der Waals surface area contributed by atoms with E-state index in [0.29, 0.717) is 6.54 Å². The highest BCUT2D eigenvalue weighted by molar-refractivity contribution is 5.80. The van der Waals surface area contributed by atoms with E-state index in [-0.39, 0.29) is 31.8 Å². The van der Waals surface area contributed by atoms with Gasteiger partial charge < -0.3 is 20.0 Å². The standard InChI is InChI=1S/C15H20N2O4/c18-9-8-16(10-12-4-2-1-3-5-12)15(21)17(11-14(19)20)13-6-7-13/h1-5,13,18H,6-11H2,(H,19,20). The number of aliphatic hydroxyl groups is 1. The molecule has 2 amide bonds. The van der Waals surface area contributed by atoms with Crippen LogP contribution in [0.2, 0.25) is 0 Å². The lowest BCUT2D eigenvalue weighted by molar-refractivity contribution is -0.137. The van der Waals surface area contributed by atoms with Gasteiger partial charge in [-0.3, -0.25) is 4.79 Å². The van der Waals surface area contributed by atoms with E-state index in [2.05, 4.69) is 0 Å². The molecule has 0 aliphatic heterocycles. The predicted octanol–water partition coefficient (Wildman–Crippen LogP) is 1.15. The van der Waals surface area contributed by atoms with Gasteiger partial charge in [-0.25, -0.2) is 4.79 Å². The van der Waals surface area contributed by atoms with Gasteiger partial charge in [-0.2, -0.15) is 0 Å². The number of rotatable bonds is 7. The van der Waals surface area contributed by atoms with Gasteiger partial charge >= 0.3 is 12.0 Å². The van der Waals surface area contributed by atoms with Gasteiger partial charge in [0.15, 0.2) is 0 Å². The van der Waals surface area contributed by atoms with Crippen LogP contribution >= 0.6 is 0 Å². The molecular weight excluding hydrogens is 272 g/mol. The quantitative estimate of drug-likeness (QED) is 0.790. The molecular formula is C15H20N2O4. The van der Waals surface area contributed by atoms with Crippen molar-refractivity contribution >= 4 is 12.0 Å². The minimum Gasteiger partial charge on any atom is -0.480 e. The molecule has 1 aliphatic carbocycles. The molecule has 114 valence electrons. The van der Waals surface area contributed by atoms with Gasteiger partial charge in [0.2, 0.25) is 0 Å². The van der Waals surface area contributed by atoms with Gasteiger partial charge in [-0.1, -0.05) is 30.3 Å². The molecule has 1 aromatic rings. The number of amides is 2. The Bertz CT molecular complexity index is 488. The van der Waals surface area contributed by atoms with Crippen molar-refractivity contribution in [2.24, 2.45) is 0 Å². The van der Waals surface area contributed by atoms with Gasteiger partial charge in [0, 0.05) is 19.1 Å². The number of carboxylic acids is 1. The Morgan fingerprint density at radius 1 is 1.19 bits per heavy atom. The Morgan fingerprint density at radius 2 is 1.86 bits per heavy atom. The van der Waals surface area contributed by atoms with Gasteiger partial charge in [-0.05, 0) is 18.4 Å². The number of urea groups is 1. The summed E-state index contributed by atoms with van der Waals surface area (Å²) in [6.45, 7) is 0.115. The number of aliphatic hydroxyl groups excluding tert-OH is 1. The third-order valence-electron chi connectivity index (χ3n) is 3.40. The largest absolute Gasteiger partial charge is 0.480 e. The van der Waals surface area contributed by atoms with Crippen LogP contribution in [0, 0.1) is 0 Å². The maximum Gasteiger partial charge on any atom is 0.323 e. The third kappa shape index (κ3) is 4.46. The van der Waals surface area contributed by atoms with Crippen LogP contribution in [0.3, 0.4) is 0 Å². The Labute approximate surface area is 123 Å². The van der Waals surface area contributed by atoms with Gasteiger partial charge in [0.25, 0.3) is 0 Å². The van der Waals surface area contributed by atoms with Crippen molar-refractivity contribution in [3.05, 3.63) is 35.9 Å². The monoisotopic (exact) mass is 292 g/mol. The average Bonchev–Trinajstić information content (AvgIpc) is 3.29. The van der Waals surface area contributed by atoms with Crippen molar-refractivity contribution in [1.82, 2.24) is 9.80 Å². The molecule has 0 atom stereocenters. The lowest BCUT2D eigenvalue weighted by Gasteiger charge is -2.29. The SMILES string of the molecule is O=C(O)CN(C(=O)N(CCO)Cc1ccccc1)C1CC1. The fraction of sp³-hybridized carbons (Fsp3) is 0.467. The van der Waals surface area contributed by atoms with Crippen LogP contribution < -0.4 is 0 Å². The van der Waals surface area contributed by atoms with Crippen LogP contribution in [0.25, 0.3) is 0 Å². The summed E-state index contributed by atoms with van der Waals surface area (Å²) in [4.78, 5) is 26.3. The van der Waals surface area contributed by atoms with E-state index >= 15 is 0 Å². The van der Waals surface area contributed by atoms with Crippen LogP contribution in [0.1, 0.15) is 18.4 Å². The van der Waals surface area contributed by atoms with E-state index in [0.717, 1.165) is 18.4 Å². The summed E-state index contributed by atoms with van der Waals surface area (Å²) in [5.41, 5.74) is 0.949. The Kier molecular flexibility index (Phi) is 5.16. The van der Waals surface area contributed by atoms with Crippen molar-refractivity contribution in [3.8, 4) is 0 Å². The lowest BCUT2D eigenvalue weighted by atomic mass is 10.2. The highest BCUT2D eigenvalue weighted by atomic mass is 16.4. The Morgan fingerprint density at radius 3 is 2.38 bits per heavy atom. The summed E-state index contributed by atoms with van der Waals surface area (Å²) < 4.78 is 0. The first kappa shape index (κ1) is 15.3. The molecule has 0 saturated heterocycles. The van der Waals surface area contributed by atoms with Crippen LogP contribution in [0.4, 0.5) is 4.79 Å². The van der Waals surface area contributed by atoms with Crippen LogP contribution in [0.5, 0.6) is 0 Å². The zero-order valence-corrected chi connectivity index (χ0v) is 11.8. The van der Waals surface area contributed by atoms with E-state index in [1.54, 1.807) is 0 Å². The van der Waals surface area contributed by atoms with Crippen molar-refractivity contribution < 1.29 is 19.8 Å². The van der Waals surface area contributed by atoms with Crippen molar-refractivity contribution in [1.29, 1.82) is 0 Å². The van der Waals surface area contributed by atoms with Gasteiger partial charge in [0.05, 0.1) is 6.61 Å². The molecule has 0 heterocycles. The van der Waals surface area contributed by atoms with E-state index in [4.69, 9.17) is 10.2 Å².